The maximum Gasteiger partial charge on any atom is 0.246 e. The molecule has 4 atom stereocenters. The second-order valence-electron chi connectivity index (χ2n) is 8.37. The molecule has 1 aromatic heterocycles. The zero-order valence-electron chi connectivity index (χ0n) is 16.0. The number of likely N-dealkylation sites (tertiary alicyclic amines) is 1. The monoisotopic (exact) mass is 395 g/mol. The quantitative estimate of drug-likeness (QED) is 0.779. The molecule has 0 bridgehead atoms. The normalized spacial score (nSPS) is 32.0. The Labute approximate surface area is 160 Å². The molecule has 1 saturated carbocycles. The van der Waals surface area contributed by atoms with Gasteiger partial charge in [-0.3, -0.25) is 9.89 Å². The number of aromatic amines is 1. The van der Waals surface area contributed by atoms with Gasteiger partial charge in [-0.15, -0.1) is 0 Å². The van der Waals surface area contributed by atoms with Crippen LogP contribution < -0.4 is 5.73 Å². The van der Waals surface area contributed by atoms with E-state index in [1.165, 1.54) is 4.31 Å². The summed E-state index contributed by atoms with van der Waals surface area (Å²) < 4.78 is 27.7. The Hall–Kier alpha value is -1.45. The summed E-state index contributed by atoms with van der Waals surface area (Å²) in [6.45, 7) is 5.62. The summed E-state index contributed by atoms with van der Waals surface area (Å²) in [4.78, 5) is 15.3. The average molecular weight is 396 g/mol. The molecule has 0 spiro atoms. The number of amides is 1. The number of rotatable bonds is 3. The minimum absolute atomic E-state index is 0.0946. The van der Waals surface area contributed by atoms with Gasteiger partial charge in [-0.25, -0.2) is 8.42 Å². The van der Waals surface area contributed by atoms with Gasteiger partial charge in [-0.1, -0.05) is 0 Å². The number of aryl methyl sites for hydroxylation is 2. The molecule has 3 heterocycles. The van der Waals surface area contributed by atoms with Crippen molar-refractivity contribution in [2.24, 2.45) is 23.5 Å². The van der Waals surface area contributed by atoms with Gasteiger partial charge in [0.05, 0.1) is 17.3 Å². The van der Waals surface area contributed by atoms with Crippen molar-refractivity contribution in [3.05, 3.63) is 11.4 Å². The number of nitrogens with two attached hydrogens (primary N) is 1. The van der Waals surface area contributed by atoms with Crippen LogP contribution in [0.5, 0.6) is 0 Å². The number of piperidine rings is 1. The van der Waals surface area contributed by atoms with Gasteiger partial charge in [-0.2, -0.15) is 9.40 Å². The molecule has 4 unspecified atom stereocenters. The highest BCUT2D eigenvalue weighted by Gasteiger charge is 2.44. The lowest BCUT2D eigenvalue weighted by Gasteiger charge is -2.33. The van der Waals surface area contributed by atoms with Crippen LogP contribution in [0.25, 0.3) is 0 Å². The van der Waals surface area contributed by atoms with E-state index < -0.39 is 10.0 Å². The topological polar surface area (TPSA) is 112 Å². The first-order valence-corrected chi connectivity index (χ1v) is 11.3. The van der Waals surface area contributed by atoms with Gasteiger partial charge in [0.2, 0.25) is 15.9 Å². The molecular weight excluding hydrogens is 366 g/mol. The highest BCUT2D eigenvalue weighted by molar-refractivity contribution is 7.89. The number of H-pyrrole nitrogens is 1. The lowest BCUT2D eigenvalue weighted by Crippen LogP contribution is -2.46. The summed E-state index contributed by atoms with van der Waals surface area (Å²) in [6, 6.07) is 0.197. The second kappa shape index (κ2) is 6.86. The molecule has 8 nitrogen and oxygen atoms in total. The predicted molar refractivity (Wildman–Crippen MR) is 100 cm³/mol. The van der Waals surface area contributed by atoms with Crippen molar-refractivity contribution in [1.82, 2.24) is 19.4 Å². The van der Waals surface area contributed by atoms with Gasteiger partial charge in [0.15, 0.2) is 0 Å². The first-order chi connectivity index (χ1) is 12.8. The third-order valence-electron chi connectivity index (χ3n) is 6.62. The van der Waals surface area contributed by atoms with E-state index in [0.29, 0.717) is 36.2 Å². The molecule has 4 rings (SSSR count). The Balaban J connectivity index is 1.48. The lowest BCUT2D eigenvalue weighted by atomic mass is 9.98. The number of fused-ring (bicyclic) bond motifs is 1. The summed E-state index contributed by atoms with van der Waals surface area (Å²) in [5, 5.41) is 6.76. The maximum absolute atomic E-state index is 13.1. The number of carbonyl (C=O) groups excluding carboxylic acids is 1. The minimum Gasteiger partial charge on any atom is -0.342 e. The van der Waals surface area contributed by atoms with Crippen LogP contribution in [-0.2, 0) is 14.8 Å². The number of hydrogen-bond donors (Lipinski definition) is 2. The number of aromatic nitrogens is 2. The van der Waals surface area contributed by atoms with Gasteiger partial charge < -0.3 is 10.6 Å². The van der Waals surface area contributed by atoms with Crippen molar-refractivity contribution >= 4 is 15.9 Å². The van der Waals surface area contributed by atoms with Crippen molar-refractivity contribution in [2.75, 3.05) is 26.2 Å². The molecule has 3 aliphatic rings. The molecule has 0 radical (unpaired) electrons. The van der Waals surface area contributed by atoms with Crippen LogP contribution in [0.4, 0.5) is 0 Å². The Morgan fingerprint density at radius 2 is 1.96 bits per heavy atom. The largest absolute Gasteiger partial charge is 0.342 e. The molecule has 3 fully saturated rings. The molecule has 27 heavy (non-hydrogen) atoms. The molecule has 0 aromatic carbocycles. The Bertz CT molecular complexity index is 817. The van der Waals surface area contributed by atoms with Crippen molar-refractivity contribution in [2.45, 2.75) is 50.5 Å². The third-order valence-corrected chi connectivity index (χ3v) is 8.74. The molecule has 1 aromatic rings. The van der Waals surface area contributed by atoms with Crippen LogP contribution in [-0.4, -0.2) is 65.9 Å². The number of carbonyl (C=O) groups is 1. The van der Waals surface area contributed by atoms with Crippen LogP contribution in [0.15, 0.2) is 4.90 Å². The van der Waals surface area contributed by atoms with E-state index in [4.69, 9.17) is 5.73 Å². The van der Waals surface area contributed by atoms with Crippen molar-refractivity contribution in [3.63, 3.8) is 0 Å². The van der Waals surface area contributed by atoms with E-state index in [9.17, 15) is 13.2 Å². The standard InChI is InChI=1S/C18H29N5O3S/c1-11-17(12(2)21-20-11)27(25,26)23-7-3-4-14(9-23)18(24)22-8-13-5-6-16(19)15(13)10-22/h13-16H,3-10,19H2,1-2H3,(H,20,21). The number of sulfonamides is 1. The fourth-order valence-electron chi connectivity index (χ4n) is 5.16. The highest BCUT2D eigenvalue weighted by Crippen LogP contribution is 2.38. The zero-order chi connectivity index (χ0) is 19.3. The SMILES string of the molecule is Cc1n[nH]c(C)c1S(=O)(=O)N1CCCC(C(=O)N2CC3CCC(N)C3C2)C1. The van der Waals surface area contributed by atoms with Crippen LogP contribution in [0, 0.1) is 31.6 Å². The van der Waals surface area contributed by atoms with E-state index in [1.807, 2.05) is 4.90 Å². The Kier molecular flexibility index (Phi) is 4.80. The number of nitrogens with zero attached hydrogens (tertiary/aromatic N) is 3. The van der Waals surface area contributed by atoms with E-state index in [2.05, 4.69) is 10.2 Å². The summed E-state index contributed by atoms with van der Waals surface area (Å²) in [7, 11) is -3.64. The molecule has 2 saturated heterocycles. The van der Waals surface area contributed by atoms with Crippen molar-refractivity contribution < 1.29 is 13.2 Å². The predicted octanol–water partition coefficient (Wildman–Crippen LogP) is 0.623. The molecule has 3 N–H and O–H groups in total. The van der Waals surface area contributed by atoms with Gasteiger partial charge >= 0.3 is 0 Å². The molecule has 150 valence electrons. The Morgan fingerprint density at radius 1 is 1.19 bits per heavy atom. The van der Waals surface area contributed by atoms with E-state index in [1.54, 1.807) is 13.8 Å². The van der Waals surface area contributed by atoms with E-state index in [0.717, 1.165) is 32.4 Å². The van der Waals surface area contributed by atoms with Gasteiger partial charge in [0.25, 0.3) is 0 Å². The van der Waals surface area contributed by atoms with Gasteiger partial charge in [-0.05, 0) is 51.4 Å². The van der Waals surface area contributed by atoms with Crippen LogP contribution in [0.2, 0.25) is 0 Å². The third kappa shape index (κ3) is 3.19. The lowest BCUT2D eigenvalue weighted by molar-refractivity contribution is -0.135. The summed E-state index contributed by atoms with van der Waals surface area (Å²) in [6.07, 6.45) is 3.59. The summed E-state index contributed by atoms with van der Waals surface area (Å²) in [5.74, 6) is 0.755. The first kappa shape index (κ1) is 18.9. The van der Waals surface area contributed by atoms with E-state index >= 15 is 0 Å². The molecule has 1 amide bonds. The molecule has 2 aliphatic heterocycles. The van der Waals surface area contributed by atoms with Crippen LogP contribution in [0.1, 0.15) is 37.1 Å². The average Bonchev–Trinajstić information content (AvgIpc) is 3.31. The number of hydrogen-bond acceptors (Lipinski definition) is 5. The highest BCUT2D eigenvalue weighted by atomic mass is 32.2. The minimum atomic E-state index is -3.64. The maximum atomic E-state index is 13.1. The van der Waals surface area contributed by atoms with Gasteiger partial charge in [0.1, 0.15) is 4.90 Å². The van der Waals surface area contributed by atoms with Gasteiger partial charge in [0, 0.05) is 32.2 Å². The fourth-order valence-corrected chi connectivity index (χ4v) is 7.01. The fraction of sp³-hybridized carbons (Fsp3) is 0.778. The second-order valence-corrected chi connectivity index (χ2v) is 10.2. The van der Waals surface area contributed by atoms with Crippen LogP contribution in [0.3, 0.4) is 0 Å². The first-order valence-electron chi connectivity index (χ1n) is 9.85. The number of nitrogens with one attached hydrogen (secondary N) is 1. The smallest absolute Gasteiger partial charge is 0.246 e. The molecular formula is C18H29N5O3S. The van der Waals surface area contributed by atoms with Crippen LogP contribution >= 0.6 is 0 Å². The Morgan fingerprint density at radius 3 is 2.63 bits per heavy atom. The van der Waals surface area contributed by atoms with Crippen molar-refractivity contribution in [1.29, 1.82) is 0 Å². The van der Waals surface area contributed by atoms with Crippen molar-refractivity contribution in [3.8, 4) is 0 Å². The molecule has 9 heteroatoms. The summed E-state index contributed by atoms with van der Waals surface area (Å²) in [5.41, 5.74) is 7.21. The van der Waals surface area contributed by atoms with E-state index in [-0.39, 0.29) is 29.3 Å². The zero-order valence-corrected chi connectivity index (χ0v) is 16.8. The summed E-state index contributed by atoms with van der Waals surface area (Å²) >= 11 is 0. The molecule has 1 aliphatic carbocycles.